The summed E-state index contributed by atoms with van der Waals surface area (Å²) < 4.78 is 40.1. The van der Waals surface area contributed by atoms with Crippen molar-refractivity contribution in [3.05, 3.63) is 29.8 Å². The lowest BCUT2D eigenvalue weighted by molar-refractivity contribution is -0.146. The zero-order chi connectivity index (χ0) is 11.3. The Morgan fingerprint density at radius 1 is 1.13 bits per heavy atom. The Balaban J connectivity index is 2.23. The van der Waals surface area contributed by atoms with Gasteiger partial charge in [-0.15, -0.1) is 12.6 Å². The van der Waals surface area contributed by atoms with Crippen LogP contribution in [0.3, 0.4) is 0 Å². The van der Waals surface area contributed by atoms with Crippen LogP contribution in [0.1, 0.15) is 12.0 Å². The van der Waals surface area contributed by atoms with E-state index in [2.05, 4.69) is 12.6 Å². The zero-order valence-corrected chi connectivity index (χ0v) is 8.81. The summed E-state index contributed by atoms with van der Waals surface area (Å²) in [5.74, 6) is 0. The second-order valence-electron chi connectivity index (χ2n) is 3.08. The Morgan fingerprint density at radius 3 is 2.27 bits per heavy atom. The fourth-order valence-corrected chi connectivity index (χ4v) is 1.12. The quantitative estimate of drug-likeness (QED) is 0.622. The van der Waals surface area contributed by atoms with Crippen molar-refractivity contribution in [3.63, 3.8) is 0 Å². The van der Waals surface area contributed by atoms with Crippen LogP contribution in [0.15, 0.2) is 29.2 Å². The number of alkyl halides is 3. The number of thiol groups is 1. The van der Waals surface area contributed by atoms with Crippen molar-refractivity contribution < 1.29 is 17.9 Å². The molecule has 15 heavy (non-hydrogen) atoms. The molecular formula is C10H11F3OS. The maximum atomic E-state index is 11.7. The van der Waals surface area contributed by atoms with Gasteiger partial charge < -0.3 is 4.74 Å². The summed E-state index contributed by atoms with van der Waals surface area (Å²) in [7, 11) is 0. The molecule has 0 heterocycles. The van der Waals surface area contributed by atoms with Gasteiger partial charge in [-0.05, 0) is 17.7 Å². The average Bonchev–Trinajstić information content (AvgIpc) is 2.14. The van der Waals surface area contributed by atoms with E-state index in [1.54, 1.807) is 24.3 Å². The van der Waals surface area contributed by atoms with Crippen LogP contribution in [-0.2, 0) is 11.3 Å². The molecule has 1 aromatic rings. The van der Waals surface area contributed by atoms with Gasteiger partial charge in [-0.25, -0.2) is 0 Å². The number of hydrogen-bond donors (Lipinski definition) is 1. The largest absolute Gasteiger partial charge is 0.391 e. The van der Waals surface area contributed by atoms with Gasteiger partial charge in [0.25, 0.3) is 0 Å². The van der Waals surface area contributed by atoms with E-state index in [1.165, 1.54) is 0 Å². The smallest absolute Gasteiger partial charge is 0.376 e. The molecule has 0 atom stereocenters. The SMILES string of the molecule is FC(F)(F)CCOCc1ccc(S)cc1. The number of benzene rings is 1. The Kier molecular flexibility index (Phi) is 4.47. The summed E-state index contributed by atoms with van der Waals surface area (Å²) >= 11 is 4.09. The van der Waals surface area contributed by atoms with Crippen LogP contribution >= 0.6 is 12.6 Å². The van der Waals surface area contributed by atoms with Crippen molar-refractivity contribution in [2.75, 3.05) is 6.61 Å². The van der Waals surface area contributed by atoms with Gasteiger partial charge in [0, 0.05) is 4.90 Å². The third-order valence-corrected chi connectivity index (χ3v) is 2.03. The molecule has 0 aliphatic heterocycles. The normalized spacial score (nSPS) is 11.7. The lowest BCUT2D eigenvalue weighted by atomic mass is 10.2. The summed E-state index contributed by atoms with van der Waals surface area (Å²) in [5, 5.41) is 0. The molecule has 0 bridgehead atoms. The lowest BCUT2D eigenvalue weighted by Crippen LogP contribution is -2.11. The Hall–Kier alpha value is -0.680. The van der Waals surface area contributed by atoms with Crippen molar-refractivity contribution in [1.29, 1.82) is 0 Å². The highest BCUT2D eigenvalue weighted by atomic mass is 32.1. The van der Waals surface area contributed by atoms with E-state index >= 15 is 0 Å². The minimum atomic E-state index is -4.14. The molecule has 0 aromatic heterocycles. The summed E-state index contributed by atoms with van der Waals surface area (Å²) in [6.45, 7) is -0.101. The molecule has 0 saturated heterocycles. The first-order valence-corrected chi connectivity index (χ1v) is 4.84. The predicted octanol–water partition coefficient (Wildman–Crippen LogP) is 3.44. The molecule has 0 amide bonds. The average molecular weight is 236 g/mol. The number of ether oxygens (including phenoxy) is 1. The molecule has 0 spiro atoms. The number of halogens is 3. The van der Waals surface area contributed by atoms with Crippen LogP contribution in [-0.4, -0.2) is 12.8 Å². The minimum Gasteiger partial charge on any atom is -0.376 e. The number of rotatable bonds is 4. The monoisotopic (exact) mass is 236 g/mol. The highest BCUT2D eigenvalue weighted by Gasteiger charge is 2.26. The third kappa shape index (κ3) is 5.69. The van der Waals surface area contributed by atoms with Crippen LogP contribution in [0.4, 0.5) is 13.2 Å². The topological polar surface area (TPSA) is 9.23 Å². The molecular weight excluding hydrogens is 225 g/mol. The third-order valence-electron chi connectivity index (χ3n) is 1.73. The van der Waals surface area contributed by atoms with Gasteiger partial charge in [-0.1, -0.05) is 12.1 Å². The number of hydrogen-bond acceptors (Lipinski definition) is 2. The standard InChI is InChI=1S/C10H11F3OS/c11-10(12,13)5-6-14-7-8-1-3-9(15)4-2-8/h1-4,15H,5-7H2. The molecule has 0 aliphatic rings. The molecule has 0 radical (unpaired) electrons. The lowest BCUT2D eigenvalue weighted by Gasteiger charge is -2.07. The fraction of sp³-hybridized carbons (Fsp3) is 0.400. The molecule has 84 valence electrons. The highest BCUT2D eigenvalue weighted by Crippen LogP contribution is 2.19. The Morgan fingerprint density at radius 2 is 1.73 bits per heavy atom. The Labute approximate surface area is 91.7 Å². The molecule has 0 aliphatic carbocycles. The zero-order valence-electron chi connectivity index (χ0n) is 7.92. The van der Waals surface area contributed by atoms with Gasteiger partial charge in [-0.3, -0.25) is 0 Å². The summed E-state index contributed by atoms with van der Waals surface area (Å²) in [5.41, 5.74) is 0.843. The van der Waals surface area contributed by atoms with E-state index in [0.29, 0.717) is 0 Å². The van der Waals surface area contributed by atoms with Crippen LogP contribution in [0.2, 0.25) is 0 Å². The predicted molar refractivity (Wildman–Crippen MR) is 54.0 cm³/mol. The van der Waals surface area contributed by atoms with Crippen LogP contribution in [0, 0.1) is 0 Å². The fourth-order valence-electron chi connectivity index (χ4n) is 0.970. The van der Waals surface area contributed by atoms with Crippen molar-refractivity contribution in [2.45, 2.75) is 24.1 Å². The minimum absolute atomic E-state index is 0.199. The molecule has 5 heteroatoms. The van der Waals surface area contributed by atoms with E-state index in [9.17, 15) is 13.2 Å². The maximum absolute atomic E-state index is 11.7. The van der Waals surface area contributed by atoms with Gasteiger partial charge in [0.15, 0.2) is 0 Å². The first kappa shape index (κ1) is 12.4. The second-order valence-corrected chi connectivity index (χ2v) is 3.60. The second kappa shape index (κ2) is 5.42. The van der Waals surface area contributed by atoms with Crippen molar-refractivity contribution in [2.24, 2.45) is 0 Å². The van der Waals surface area contributed by atoms with Gasteiger partial charge in [0.05, 0.1) is 19.6 Å². The van der Waals surface area contributed by atoms with Crippen LogP contribution < -0.4 is 0 Å². The van der Waals surface area contributed by atoms with Crippen LogP contribution in [0.25, 0.3) is 0 Å². The molecule has 0 fully saturated rings. The molecule has 1 aromatic carbocycles. The molecule has 0 unspecified atom stereocenters. The summed E-state index contributed by atoms with van der Waals surface area (Å²) in [6.07, 6.45) is -5.05. The van der Waals surface area contributed by atoms with Crippen molar-refractivity contribution in [1.82, 2.24) is 0 Å². The first-order valence-electron chi connectivity index (χ1n) is 4.40. The Bertz CT molecular complexity index is 295. The maximum Gasteiger partial charge on any atom is 0.391 e. The molecule has 1 nitrogen and oxygen atoms in total. The van der Waals surface area contributed by atoms with Crippen molar-refractivity contribution in [3.8, 4) is 0 Å². The van der Waals surface area contributed by atoms with E-state index < -0.39 is 12.6 Å². The van der Waals surface area contributed by atoms with Gasteiger partial charge in [0.1, 0.15) is 0 Å². The van der Waals surface area contributed by atoms with E-state index in [4.69, 9.17) is 4.74 Å². The van der Waals surface area contributed by atoms with Crippen molar-refractivity contribution >= 4 is 12.6 Å². The van der Waals surface area contributed by atoms with E-state index in [-0.39, 0.29) is 13.2 Å². The molecule has 0 saturated carbocycles. The van der Waals surface area contributed by atoms with Crippen LogP contribution in [0.5, 0.6) is 0 Å². The molecule has 1 rings (SSSR count). The van der Waals surface area contributed by atoms with Gasteiger partial charge >= 0.3 is 6.18 Å². The first-order chi connectivity index (χ1) is 6.97. The summed E-state index contributed by atoms with van der Waals surface area (Å²) in [4.78, 5) is 0.814. The highest BCUT2D eigenvalue weighted by molar-refractivity contribution is 7.80. The van der Waals surface area contributed by atoms with E-state index in [1.807, 2.05) is 0 Å². The van der Waals surface area contributed by atoms with Gasteiger partial charge in [-0.2, -0.15) is 13.2 Å². The summed E-state index contributed by atoms with van der Waals surface area (Å²) in [6, 6.07) is 7.09. The van der Waals surface area contributed by atoms with E-state index in [0.717, 1.165) is 10.5 Å². The van der Waals surface area contributed by atoms with Gasteiger partial charge in [0.2, 0.25) is 0 Å². The molecule has 0 N–H and O–H groups in total.